The summed E-state index contributed by atoms with van der Waals surface area (Å²) >= 11 is 3.46. The molecule has 0 bridgehead atoms. The third-order valence-corrected chi connectivity index (χ3v) is 5.42. The van der Waals surface area contributed by atoms with E-state index < -0.39 is 17.3 Å². The van der Waals surface area contributed by atoms with Crippen LogP contribution in [0.4, 0.5) is 21.2 Å². The number of hydrogen-bond acceptors (Lipinski definition) is 7. The number of nitrogens with zero attached hydrogens (tertiary/aromatic N) is 3. The second-order valence-electron chi connectivity index (χ2n) is 10.2. The van der Waals surface area contributed by atoms with Crippen LogP contribution in [0.25, 0.3) is 5.65 Å². The number of halogens is 1. The van der Waals surface area contributed by atoms with Crippen molar-refractivity contribution in [3.63, 3.8) is 0 Å². The number of hydrogen-bond donors (Lipinski definition) is 3. The van der Waals surface area contributed by atoms with Crippen LogP contribution < -0.4 is 16.0 Å². The molecule has 0 aromatic carbocycles. The third kappa shape index (κ3) is 7.48. The number of nitrogens with one attached hydrogen (secondary N) is 3. The fourth-order valence-corrected chi connectivity index (χ4v) is 3.92. The van der Waals surface area contributed by atoms with Gasteiger partial charge >= 0.3 is 12.2 Å². The van der Waals surface area contributed by atoms with Crippen LogP contribution in [0.15, 0.2) is 16.7 Å². The summed E-state index contributed by atoms with van der Waals surface area (Å²) in [6.45, 7) is 11.0. The fourth-order valence-electron chi connectivity index (χ4n) is 3.57. The Morgan fingerprint density at radius 1 is 1.00 bits per heavy atom. The lowest BCUT2D eigenvalue weighted by molar-refractivity contribution is 0.0491. The van der Waals surface area contributed by atoms with Crippen LogP contribution in [-0.4, -0.2) is 50.1 Å². The van der Waals surface area contributed by atoms with E-state index in [0.29, 0.717) is 21.8 Å². The predicted molar refractivity (Wildman–Crippen MR) is 130 cm³/mol. The van der Waals surface area contributed by atoms with E-state index >= 15 is 0 Å². The van der Waals surface area contributed by atoms with Gasteiger partial charge in [0.15, 0.2) is 5.65 Å². The van der Waals surface area contributed by atoms with E-state index in [-0.39, 0.29) is 18.2 Å². The Bertz CT molecular complexity index is 1000. The summed E-state index contributed by atoms with van der Waals surface area (Å²) in [5, 5.41) is 13.4. The Labute approximate surface area is 202 Å². The van der Waals surface area contributed by atoms with E-state index in [4.69, 9.17) is 9.47 Å². The van der Waals surface area contributed by atoms with Gasteiger partial charge in [0.05, 0.1) is 10.7 Å². The summed E-state index contributed by atoms with van der Waals surface area (Å²) in [5.74, 6) is 1.07. The number of aromatic nitrogens is 3. The standard InChI is InChI=1S/C22H33BrN6O4/c1-21(2,3)32-19(30)26-14-9-7-13(8-10-14)25-16-11-17(28-20(31)33-22(4,5)6)29-18(27-16)15(23)12-24-29/h11-14H,7-10H2,1-6H3,(H,25,27)(H,26,30)(H,28,31). The molecule has 0 atom stereocenters. The molecule has 182 valence electrons. The lowest BCUT2D eigenvalue weighted by Gasteiger charge is -2.30. The molecular weight excluding hydrogens is 492 g/mol. The largest absolute Gasteiger partial charge is 0.444 e. The lowest BCUT2D eigenvalue weighted by atomic mass is 9.91. The van der Waals surface area contributed by atoms with Gasteiger partial charge in [-0.25, -0.2) is 14.6 Å². The van der Waals surface area contributed by atoms with Gasteiger partial charge in [-0.05, 0) is 83.2 Å². The van der Waals surface area contributed by atoms with Gasteiger partial charge < -0.3 is 20.1 Å². The zero-order chi connectivity index (χ0) is 24.4. The summed E-state index contributed by atoms with van der Waals surface area (Å²) in [5.41, 5.74) is -0.556. The van der Waals surface area contributed by atoms with Crippen LogP contribution in [-0.2, 0) is 9.47 Å². The molecule has 2 aromatic rings. The maximum Gasteiger partial charge on any atom is 0.413 e. The molecule has 0 spiro atoms. The van der Waals surface area contributed by atoms with Gasteiger partial charge in [-0.1, -0.05) is 0 Å². The van der Waals surface area contributed by atoms with Gasteiger partial charge in [0.2, 0.25) is 0 Å². The second kappa shape index (κ2) is 9.74. The van der Waals surface area contributed by atoms with Crippen molar-refractivity contribution in [2.75, 3.05) is 10.6 Å². The molecule has 1 saturated carbocycles. The van der Waals surface area contributed by atoms with Crippen molar-refractivity contribution >= 4 is 45.4 Å². The molecule has 3 N–H and O–H groups in total. The van der Waals surface area contributed by atoms with Crippen molar-refractivity contribution in [2.45, 2.75) is 90.5 Å². The van der Waals surface area contributed by atoms with Crippen molar-refractivity contribution in [1.29, 1.82) is 0 Å². The average molecular weight is 525 g/mol. The molecule has 0 radical (unpaired) electrons. The molecule has 0 unspecified atom stereocenters. The van der Waals surface area contributed by atoms with Crippen molar-refractivity contribution < 1.29 is 19.1 Å². The van der Waals surface area contributed by atoms with E-state index in [2.05, 4.69) is 42.0 Å². The van der Waals surface area contributed by atoms with Crippen molar-refractivity contribution in [2.24, 2.45) is 0 Å². The zero-order valence-electron chi connectivity index (χ0n) is 20.0. The first-order valence-electron chi connectivity index (χ1n) is 11.1. The molecule has 1 aliphatic carbocycles. The highest BCUT2D eigenvalue weighted by Crippen LogP contribution is 2.26. The molecular formula is C22H33BrN6O4. The minimum absolute atomic E-state index is 0.0849. The Hall–Kier alpha value is -2.56. The van der Waals surface area contributed by atoms with Gasteiger partial charge in [-0.2, -0.15) is 9.61 Å². The normalized spacial score (nSPS) is 19.1. The molecule has 33 heavy (non-hydrogen) atoms. The Kier molecular flexibility index (Phi) is 7.40. The lowest BCUT2D eigenvalue weighted by Crippen LogP contribution is -2.42. The van der Waals surface area contributed by atoms with Crippen LogP contribution in [0.5, 0.6) is 0 Å². The second-order valence-corrected chi connectivity index (χ2v) is 11.1. The fraction of sp³-hybridized carbons (Fsp3) is 0.636. The van der Waals surface area contributed by atoms with Crippen molar-refractivity contribution in [3.8, 4) is 0 Å². The van der Waals surface area contributed by atoms with E-state index in [1.165, 1.54) is 0 Å². The molecule has 2 aromatic heterocycles. The SMILES string of the molecule is CC(C)(C)OC(=O)Nc1cc(NC2CCC(NC(=O)OC(C)(C)C)CC2)nc2c(Br)cnn12. The highest BCUT2D eigenvalue weighted by atomic mass is 79.9. The first-order chi connectivity index (χ1) is 15.3. The van der Waals surface area contributed by atoms with Crippen LogP contribution in [0, 0.1) is 0 Å². The maximum absolute atomic E-state index is 12.3. The first kappa shape index (κ1) is 25.1. The number of amides is 2. The number of fused-ring (bicyclic) bond motifs is 1. The van der Waals surface area contributed by atoms with Gasteiger partial charge in [0.25, 0.3) is 0 Å². The molecule has 1 fully saturated rings. The number of ether oxygens (including phenoxy) is 2. The first-order valence-corrected chi connectivity index (χ1v) is 11.9. The monoisotopic (exact) mass is 524 g/mol. The van der Waals surface area contributed by atoms with E-state index in [0.717, 1.165) is 25.7 Å². The van der Waals surface area contributed by atoms with Crippen LogP contribution >= 0.6 is 15.9 Å². The van der Waals surface area contributed by atoms with Crippen molar-refractivity contribution in [3.05, 3.63) is 16.7 Å². The number of rotatable bonds is 4. The highest BCUT2D eigenvalue weighted by molar-refractivity contribution is 9.10. The summed E-state index contributed by atoms with van der Waals surface area (Å²) < 4.78 is 13.0. The topological polar surface area (TPSA) is 119 Å². The van der Waals surface area contributed by atoms with Gasteiger partial charge in [0.1, 0.15) is 22.8 Å². The van der Waals surface area contributed by atoms with E-state index in [1.807, 2.05) is 20.8 Å². The van der Waals surface area contributed by atoms with E-state index in [9.17, 15) is 9.59 Å². The molecule has 10 nitrogen and oxygen atoms in total. The molecule has 2 amide bonds. The molecule has 11 heteroatoms. The van der Waals surface area contributed by atoms with Gasteiger partial charge in [0, 0.05) is 18.2 Å². The quantitative estimate of drug-likeness (QED) is 0.509. The van der Waals surface area contributed by atoms with Gasteiger partial charge in [-0.3, -0.25) is 5.32 Å². The summed E-state index contributed by atoms with van der Waals surface area (Å²) in [7, 11) is 0. The Balaban J connectivity index is 1.64. The zero-order valence-corrected chi connectivity index (χ0v) is 21.6. The molecule has 0 aliphatic heterocycles. The number of alkyl carbamates (subject to hydrolysis) is 1. The highest BCUT2D eigenvalue weighted by Gasteiger charge is 2.25. The Morgan fingerprint density at radius 3 is 2.18 bits per heavy atom. The van der Waals surface area contributed by atoms with Crippen LogP contribution in [0.2, 0.25) is 0 Å². The summed E-state index contributed by atoms with van der Waals surface area (Å²) in [6, 6.07) is 2.01. The summed E-state index contributed by atoms with van der Waals surface area (Å²) in [6.07, 6.45) is 4.07. The maximum atomic E-state index is 12.3. The Morgan fingerprint density at radius 2 is 1.58 bits per heavy atom. The minimum atomic E-state index is -0.617. The predicted octanol–water partition coefficient (Wildman–Crippen LogP) is 5.09. The van der Waals surface area contributed by atoms with E-state index in [1.54, 1.807) is 37.5 Å². The molecule has 0 saturated heterocycles. The van der Waals surface area contributed by atoms with Crippen LogP contribution in [0.3, 0.4) is 0 Å². The minimum Gasteiger partial charge on any atom is -0.444 e. The van der Waals surface area contributed by atoms with Gasteiger partial charge in [-0.15, -0.1) is 0 Å². The smallest absolute Gasteiger partial charge is 0.413 e. The van der Waals surface area contributed by atoms with Crippen LogP contribution in [0.1, 0.15) is 67.2 Å². The number of carbonyl (C=O) groups is 2. The molecule has 1 aliphatic rings. The number of carbonyl (C=O) groups excluding carboxylic acids is 2. The average Bonchev–Trinajstić information content (AvgIpc) is 3.01. The van der Waals surface area contributed by atoms with Crippen molar-refractivity contribution in [1.82, 2.24) is 19.9 Å². The summed E-state index contributed by atoms with van der Waals surface area (Å²) in [4.78, 5) is 29.0. The molecule has 2 heterocycles. The number of anilines is 2. The third-order valence-electron chi connectivity index (χ3n) is 4.86. The molecule has 3 rings (SSSR count).